The number of hydrogen-bond acceptors (Lipinski definition) is 4. The minimum absolute atomic E-state index is 0.0692. The molecule has 3 rings (SSSR count). The highest BCUT2D eigenvalue weighted by atomic mass is 19.4. The molecule has 7 heteroatoms. The number of nitrogens with zero attached hydrogens (tertiary/aromatic N) is 2. The molecule has 2 aromatic carbocycles. The second kappa shape index (κ2) is 8.19. The Labute approximate surface area is 156 Å². The van der Waals surface area contributed by atoms with E-state index in [1.54, 1.807) is 7.11 Å². The molecule has 4 nitrogen and oxygen atoms in total. The summed E-state index contributed by atoms with van der Waals surface area (Å²) in [6.45, 7) is 2.99. The largest absolute Gasteiger partial charge is 0.497 e. The van der Waals surface area contributed by atoms with Crippen molar-refractivity contribution in [1.82, 2.24) is 4.90 Å². The number of β-amino-alcohol motifs (C(OH)–C–C–N with tert-alkyl or cyclic N) is 1. The normalized spacial score (nSPS) is 17.0. The molecule has 0 radical (unpaired) electrons. The van der Waals surface area contributed by atoms with Gasteiger partial charge >= 0.3 is 6.18 Å². The summed E-state index contributed by atoms with van der Waals surface area (Å²) < 4.78 is 44.7. The molecule has 0 spiro atoms. The lowest BCUT2D eigenvalue weighted by Crippen LogP contribution is -2.47. The van der Waals surface area contributed by atoms with Gasteiger partial charge in [-0.2, -0.15) is 13.2 Å². The molecule has 0 saturated carbocycles. The number of anilines is 1. The minimum Gasteiger partial charge on any atom is -0.497 e. The number of piperazine rings is 1. The molecule has 0 aromatic heterocycles. The number of hydrogen-bond donors (Lipinski definition) is 1. The fourth-order valence-corrected chi connectivity index (χ4v) is 3.38. The highest BCUT2D eigenvalue weighted by Gasteiger charge is 2.35. The molecule has 0 bridgehead atoms. The Kier molecular flexibility index (Phi) is 5.92. The van der Waals surface area contributed by atoms with E-state index in [4.69, 9.17) is 4.74 Å². The highest BCUT2D eigenvalue weighted by Crippen LogP contribution is 2.34. The van der Waals surface area contributed by atoms with E-state index in [0.29, 0.717) is 13.1 Å². The number of aliphatic hydroxyl groups is 1. The molecule has 1 aliphatic heterocycles. The van der Waals surface area contributed by atoms with Crippen LogP contribution in [0.1, 0.15) is 17.2 Å². The third kappa shape index (κ3) is 4.73. The molecule has 0 unspecified atom stereocenters. The first-order chi connectivity index (χ1) is 12.9. The van der Waals surface area contributed by atoms with E-state index >= 15 is 0 Å². The maximum absolute atomic E-state index is 13.1. The van der Waals surface area contributed by atoms with Gasteiger partial charge in [0.05, 0.1) is 18.8 Å². The predicted octanol–water partition coefficient (Wildman–Crippen LogP) is 3.57. The summed E-state index contributed by atoms with van der Waals surface area (Å²) in [5, 5.41) is 10.4. The van der Waals surface area contributed by atoms with Crippen LogP contribution in [0.2, 0.25) is 0 Å². The van der Waals surface area contributed by atoms with Gasteiger partial charge in [-0.15, -0.1) is 0 Å². The van der Waals surface area contributed by atoms with Crippen LogP contribution < -0.4 is 9.64 Å². The Hall–Kier alpha value is -2.25. The average Bonchev–Trinajstić information content (AvgIpc) is 2.68. The summed E-state index contributed by atoms with van der Waals surface area (Å²) >= 11 is 0. The molecule has 1 saturated heterocycles. The van der Waals surface area contributed by atoms with Gasteiger partial charge in [-0.1, -0.05) is 24.3 Å². The van der Waals surface area contributed by atoms with E-state index in [-0.39, 0.29) is 12.1 Å². The summed E-state index contributed by atoms with van der Waals surface area (Å²) in [7, 11) is 1.62. The van der Waals surface area contributed by atoms with Crippen LogP contribution in [0.4, 0.5) is 18.9 Å². The molecule has 0 aliphatic carbocycles. The Morgan fingerprint density at radius 3 is 2.41 bits per heavy atom. The van der Waals surface area contributed by atoms with E-state index < -0.39 is 17.8 Å². The number of aliphatic hydroxyl groups excluding tert-OH is 1. The van der Waals surface area contributed by atoms with E-state index in [1.165, 1.54) is 18.2 Å². The van der Waals surface area contributed by atoms with E-state index in [0.717, 1.165) is 30.6 Å². The Morgan fingerprint density at radius 1 is 1.04 bits per heavy atom. The van der Waals surface area contributed by atoms with Crippen LogP contribution in [0.25, 0.3) is 0 Å². The Balaban J connectivity index is 1.61. The lowest BCUT2D eigenvalue weighted by molar-refractivity contribution is -0.139. The van der Waals surface area contributed by atoms with Crippen molar-refractivity contribution in [2.24, 2.45) is 0 Å². The van der Waals surface area contributed by atoms with Crippen molar-refractivity contribution in [3.05, 3.63) is 59.7 Å². The van der Waals surface area contributed by atoms with Crippen LogP contribution in [0.3, 0.4) is 0 Å². The van der Waals surface area contributed by atoms with Gasteiger partial charge < -0.3 is 14.7 Å². The van der Waals surface area contributed by atoms with Crippen molar-refractivity contribution >= 4 is 5.69 Å². The molecule has 1 heterocycles. The molecule has 1 aliphatic rings. The van der Waals surface area contributed by atoms with E-state index in [9.17, 15) is 18.3 Å². The third-order valence-electron chi connectivity index (χ3n) is 4.85. The minimum atomic E-state index is -4.47. The molecule has 27 heavy (non-hydrogen) atoms. The summed E-state index contributed by atoms with van der Waals surface area (Å²) in [6, 6.07) is 13.0. The summed E-state index contributed by atoms with van der Waals surface area (Å²) in [5.41, 5.74) is 0.213. The maximum Gasteiger partial charge on any atom is 0.416 e. The van der Waals surface area contributed by atoms with Crippen molar-refractivity contribution in [2.45, 2.75) is 12.3 Å². The van der Waals surface area contributed by atoms with Gasteiger partial charge in [0.25, 0.3) is 0 Å². The van der Waals surface area contributed by atoms with Crippen LogP contribution in [0, 0.1) is 0 Å². The fraction of sp³-hybridized carbons (Fsp3) is 0.400. The van der Waals surface area contributed by atoms with Crippen molar-refractivity contribution in [2.75, 3.05) is 44.7 Å². The second-order valence-corrected chi connectivity index (χ2v) is 6.59. The molecule has 2 aromatic rings. The fourth-order valence-electron chi connectivity index (χ4n) is 3.38. The average molecular weight is 380 g/mol. The lowest BCUT2D eigenvalue weighted by Gasteiger charge is -2.37. The first-order valence-electron chi connectivity index (χ1n) is 8.84. The van der Waals surface area contributed by atoms with Crippen molar-refractivity contribution in [3.63, 3.8) is 0 Å². The van der Waals surface area contributed by atoms with Crippen molar-refractivity contribution in [1.29, 1.82) is 0 Å². The third-order valence-corrected chi connectivity index (χ3v) is 4.85. The molecule has 1 fully saturated rings. The number of ether oxygens (including phenoxy) is 1. The van der Waals surface area contributed by atoms with Gasteiger partial charge in [0, 0.05) is 44.5 Å². The quantitative estimate of drug-likeness (QED) is 0.860. The van der Waals surface area contributed by atoms with Crippen LogP contribution in [0.5, 0.6) is 5.75 Å². The van der Waals surface area contributed by atoms with Crippen LogP contribution in [-0.4, -0.2) is 49.8 Å². The topological polar surface area (TPSA) is 35.9 Å². The zero-order valence-electron chi connectivity index (χ0n) is 15.1. The molecular weight excluding hydrogens is 357 g/mol. The first-order valence-corrected chi connectivity index (χ1v) is 8.84. The van der Waals surface area contributed by atoms with Gasteiger partial charge in [-0.05, 0) is 23.8 Å². The summed E-state index contributed by atoms with van der Waals surface area (Å²) in [4.78, 5) is 4.20. The van der Waals surface area contributed by atoms with Gasteiger partial charge in [-0.25, -0.2) is 0 Å². The van der Waals surface area contributed by atoms with Gasteiger partial charge in [0.2, 0.25) is 0 Å². The van der Waals surface area contributed by atoms with Gasteiger partial charge in [0.15, 0.2) is 0 Å². The molecule has 146 valence electrons. The smallest absolute Gasteiger partial charge is 0.416 e. The molecule has 0 amide bonds. The SMILES string of the molecule is COc1cccc(N2CCN(C[C@H](O)c3ccccc3C(F)(F)F)CC2)c1. The first kappa shape index (κ1) is 19.5. The summed E-state index contributed by atoms with van der Waals surface area (Å²) in [5.74, 6) is 0.786. The van der Waals surface area contributed by atoms with E-state index in [2.05, 4.69) is 4.90 Å². The van der Waals surface area contributed by atoms with Crippen LogP contribution in [0.15, 0.2) is 48.5 Å². The summed E-state index contributed by atoms with van der Waals surface area (Å²) in [6.07, 6.45) is -5.64. The molecule has 1 N–H and O–H groups in total. The molecular formula is C20H23F3N2O2. The standard InChI is InChI=1S/C20H23F3N2O2/c1-27-16-6-4-5-15(13-16)25-11-9-24(10-12-25)14-19(26)17-7-2-3-8-18(17)20(21,22)23/h2-8,13,19,26H,9-12,14H2,1H3/t19-/m0/s1. The second-order valence-electron chi connectivity index (χ2n) is 6.59. The lowest BCUT2D eigenvalue weighted by atomic mass is 10.0. The Bertz CT molecular complexity index is 759. The number of alkyl halides is 3. The Morgan fingerprint density at radius 2 is 1.74 bits per heavy atom. The van der Waals surface area contributed by atoms with E-state index in [1.807, 2.05) is 29.2 Å². The van der Waals surface area contributed by atoms with Gasteiger partial charge in [-0.3, -0.25) is 4.90 Å². The van der Waals surface area contributed by atoms with Crippen molar-refractivity contribution < 1.29 is 23.0 Å². The number of methoxy groups -OCH3 is 1. The maximum atomic E-state index is 13.1. The van der Waals surface area contributed by atoms with Crippen LogP contribution >= 0.6 is 0 Å². The monoisotopic (exact) mass is 380 g/mol. The van der Waals surface area contributed by atoms with Gasteiger partial charge in [0.1, 0.15) is 5.75 Å². The highest BCUT2D eigenvalue weighted by molar-refractivity contribution is 5.51. The zero-order valence-corrected chi connectivity index (χ0v) is 15.1. The van der Waals surface area contributed by atoms with Crippen LogP contribution in [-0.2, 0) is 6.18 Å². The van der Waals surface area contributed by atoms with Crippen molar-refractivity contribution in [3.8, 4) is 5.75 Å². The number of benzene rings is 2. The number of halogens is 3. The number of rotatable bonds is 5. The molecule has 1 atom stereocenters. The zero-order chi connectivity index (χ0) is 19.4. The predicted molar refractivity (Wildman–Crippen MR) is 98.1 cm³/mol.